The molecule has 0 unspecified atom stereocenters. The van der Waals surface area contributed by atoms with Crippen LogP contribution in [0.2, 0.25) is 0 Å². The minimum atomic E-state index is 0.312. The van der Waals surface area contributed by atoms with Crippen LogP contribution in [0.15, 0.2) is 0 Å². The van der Waals surface area contributed by atoms with Gasteiger partial charge in [0.2, 0.25) is 5.91 Å². The lowest BCUT2D eigenvalue weighted by molar-refractivity contribution is -0.134. The molecule has 2 rings (SSSR count). The first-order valence-corrected chi connectivity index (χ1v) is 9.05. The van der Waals surface area contributed by atoms with E-state index in [1.807, 2.05) is 11.8 Å². The van der Waals surface area contributed by atoms with Crippen LogP contribution in [0.5, 0.6) is 0 Å². The van der Waals surface area contributed by atoms with Gasteiger partial charge in [-0.25, -0.2) is 0 Å². The van der Waals surface area contributed by atoms with Crippen molar-refractivity contribution in [3.63, 3.8) is 0 Å². The van der Waals surface area contributed by atoms with Crippen LogP contribution in [-0.4, -0.2) is 53.7 Å². The molecule has 1 aliphatic heterocycles. The Balaban J connectivity index is 1.74. The molecule has 4 nitrogen and oxygen atoms in total. The van der Waals surface area contributed by atoms with Gasteiger partial charge < -0.3 is 4.90 Å². The second-order valence-electron chi connectivity index (χ2n) is 7.34. The Labute approximate surface area is 135 Å². The number of rotatable bonds is 5. The van der Waals surface area contributed by atoms with Crippen molar-refractivity contribution in [2.24, 2.45) is 11.8 Å². The lowest BCUT2D eigenvalue weighted by atomic mass is 9.82. The summed E-state index contributed by atoms with van der Waals surface area (Å²) in [6, 6.07) is 0.628. The number of hydrogen-bond acceptors (Lipinski definition) is 3. The predicted molar refractivity (Wildman–Crippen MR) is 88.7 cm³/mol. The Morgan fingerprint density at radius 3 is 2.09 bits per heavy atom. The Hall–Kier alpha value is -0.900. The lowest BCUT2D eigenvalue weighted by Crippen LogP contribution is -2.52. The van der Waals surface area contributed by atoms with Crippen molar-refractivity contribution >= 4 is 11.7 Å². The molecular weight excluding hydrogens is 276 g/mol. The molecule has 1 amide bonds. The number of carbonyl (C=O) groups excluding carboxylic acids is 2. The molecule has 1 saturated carbocycles. The maximum Gasteiger partial charge on any atom is 0.222 e. The van der Waals surface area contributed by atoms with Gasteiger partial charge in [-0.15, -0.1) is 0 Å². The zero-order chi connectivity index (χ0) is 16.1. The Bertz CT molecular complexity index is 379. The quantitative estimate of drug-likeness (QED) is 0.784. The van der Waals surface area contributed by atoms with E-state index in [9.17, 15) is 9.59 Å². The normalized spacial score (nSPS) is 27.2. The third-order valence-corrected chi connectivity index (χ3v) is 5.27. The number of ketones is 1. The molecule has 22 heavy (non-hydrogen) atoms. The van der Waals surface area contributed by atoms with Crippen LogP contribution in [0, 0.1) is 11.8 Å². The molecule has 1 saturated heterocycles. The molecule has 126 valence electrons. The molecule has 0 spiro atoms. The van der Waals surface area contributed by atoms with Crippen LogP contribution >= 0.6 is 0 Å². The minimum Gasteiger partial charge on any atom is -0.340 e. The highest BCUT2D eigenvalue weighted by Gasteiger charge is 2.31. The summed E-state index contributed by atoms with van der Waals surface area (Å²) in [7, 11) is 0. The number of hydrogen-bond donors (Lipinski definition) is 0. The topological polar surface area (TPSA) is 40.6 Å². The Morgan fingerprint density at radius 1 is 1.00 bits per heavy atom. The third kappa shape index (κ3) is 4.55. The zero-order valence-corrected chi connectivity index (χ0v) is 14.5. The Kier molecular flexibility index (Phi) is 6.42. The molecular formula is C18H32N2O2. The lowest BCUT2D eigenvalue weighted by Gasteiger charge is -2.42. The zero-order valence-electron chi connectivity index (χ0n) is 14.5. The first-order chi connectivity index (χ1) is 10.5. The predicted octanol–water partition coefficient (Wildman–Crippen LogP) is 2.71. The smallest absolute Gasteiger partial charge is 0.222 e. The molecule has 0 atom stereocenters. The van der Waals surface area contributed by atoms with Crippen LogP contribution in [0.25, 0.3) is 0 Å². The highest BCUT2D eigenvalue weighted by Crippen LogP contribution is 2.29. The van der Waals surface area contributed by atoms with Crippen molar-refractivity contribution in [1.29, 1.82) is 0 Å². The molecule has 0 aromatic heterocycles. The second kappa shape index (κ2) is 8.09. The maximum absolute atomic E-state index is 12.1. The van der Waals surface area contributed by atoms with Crippen LogP contribution in [0.1, 0.15) is 59.3 Å². The van der Waals surface area contributed by atoms with Gasteiger partial charge in [0.25, 0.3) is 0 Å². The van der Waals surface area contributed by atoms with Gasteiger partial charge in [-0.05, 0) is 31.6 Å². The summed E-state index contributed by atoms with van der Waals surface area (Å²) in [6.07, 6.45) is 5.77. The molecule has 2 aliphatic rings. The van der Waals surface area contributed by atoms with Gasteiger partial charge in [0, 0.05) is 51.0 Å². The summed E-state index contributed by atoms with van der Waals surface area (Å²) in [6.45, 7) is 9.93. The monoisotopic (exact) mass is 308 g/mol. The van der Waals surface area contributed by atoms with E-state index in [1.165, 1.54) is 0 Å². The molecule has 1 heterocycles. The van der Waals surface area contributed by atoms with E-state index in [4.69, 9.17) is 0 Å². The van der Waals surface area contributed by atoms with Crippen molar-refractivity contribution in [2.45, 2.75) is 65.3 Å². The Morgan fingerprint density at radius 2 is 1.59 bits per heavy atom. The van der Waals surface area contributed by atoms with E-state index < -0.39 is 0 Å². The molecule has 0 bridgehead atoms. The fraction of sp³-hybridized carbons (Fsp3) is 0.889. The fourth-order valence-electron chi connectivity index (χ4n) is 3.87. The highest BCUT2D eigenvalue weighted by molar-refractivity contribution is 5.80. The third-order valence-electron chi connectivity index (χ3n) is 5.27. The molecule has 0 radical (unpaired) electrons. The van der Waals surface area contributed by atoms with Crippen LogP contribution in [0.4, 0.5) is 0 Å². The average Bonchev–Trinajstić information content (AvgIpc) is 2.54. The average molecular weight is 308 g/mol. The summed E-state index contributed by atoms with van der Waals surface area (Å²) in [4.78, 5) is 28.5. The molecule has 0 aromatic carbocycles. The number of piperazine rings is 1. The van der Waals surface area contributed by atoms with Crippen LogP contribution < -0.4 is 0 Å². The van der Waals surface area contributed by atoms with Crippen LogP contribution in [-0.2, 0) is 9.59 Å². The number of Topliss-reactive ketones (excluding diaryl/α,β-unsaturated/α-hetero) is 1. The van der Waals surface area contributed by atoms with E-state index in [1.54, 1.807) is 0 Å². The van der Waals surface area contributed by atoms with Crippen molar-refractivity contribution in [3.05, 3.63) is 0 Å². The van der Waals surface area contributed by atoms with E-state index in [2.05, 4.69) is 18.7 Å². The number of carbonyl (C=O) groups is 2. The van der Waals surface area contributed by atoms with E-state index >= 15 is 0 Å². The van der Waals surface area contributed by atoms with Gasteiger partial charge in [-0.2, -0.15) is 0 Å². The molecule has 4 heteroatoms. The summed E-state index contributed by atoms with van der Waals surface area (Å²) in [5.41, 5.74) is 0. The van der Waals surface area contributed by atoms with Gasteiger partial charge in [0.05, 0.1) is 0 Å². The molecule has 2 fully saturated rings. The van der Waals surface area contributed by atoms with Crippen molar-refractivity contribution in [2.75, 3.05) is 26.2 Å². The first-order valence-electron chi connectivity index (χ1n) is 9.05. The largest absolute Gasteiger partial charge is 0.340 e. The maximum atomic E-state index is 12.1. The van der Waals surface area contributed by atoms with Gasteiger partial charge in [0.15, 0.2) is 0 Å². The van der Waals surface area contributed by atoms with Gasteiger partial charge in [-0.1, -0.05) is 20.8 Å². The van der Waals surface area contributed by atoms with Crippen LogP contribution in [0.3, 0.4) is 0 Å². The number of amides is 1. The summed E-state index contributed by atoms with van der Waals surface area (Å²) < 4.78 is 0. The van der Waals surface area contributed by atoms with E-state index in [-0.39, 0.29) is 0 Å². The van der Waals surface area contributed by atoms with E-state index in [0.717, 1.165) is 51.9 Å². The second-order valence-corrected chi connectivity index (χ2v) is 7.34. The van der Waals surface area contributed by atoms with Crippen molar-refractivity contribution in [1.82, 2.24) is 9.80 Å². The first kappa shape index (κ1) is 17.5. The van der Waals surface area contributed by atoms with Crippen molar-refractivity contribution in [3.8, 4) is 0 Å². The van der Waals surface area contributed by atoms with Gasteiger partial charge in [-0.3, -0.25) is 14.5 Å². The highest BCUT2D eigenvalue weighted by atomic mass is 16.2. The fourth-order valence-corrected chi connectivity index (χ4v) is 3.87. The standard InChI is InChI=1S/C18H32N2O2/c1-4-17(21)15-5-7-16(8-6-15)19-9-11-20(12-10-19)18(22)13-14(2)3/h14-16H,4-13H2,1-3H3. The van der Waals surface area contributed by atoms with Gasteiger partial charge >= 0.3 is 0 Å². The van der Waals surface area contributed by atoms with Gasteiger partial charge in [0.1, 0.15) is 5.78 Å². The molecule has 0 N–H and O–H groups in total. The molecule has 1 aliphatic carbocycles. The minimum absolute atomic E-state index is 0.312. The van der Waals surface area contributed by atoms with Crippen molar-refractivity contribution < 1.29 is 9.59 Å². The summed E-state index contributed by atoms with van der Waals surface area (Å²) in [5, 5.41) is 0. The number of nitrogens with zero attached hydrogens (tertiary/aromatic N) is 2. The summed E-state index contributed by atoms with van der Waals surface area (Å²) in [5.74, 6) is 1.52. The summed E-state index contributed by atoms with van der Waals surface area (Å²) >= 11 is 0. The SMILES string of the molecule is CCC(=O)C1CCC(N2CCN(C(=O)CC(C)C)CC2)CC1. The van der Waals surface area contributed by atoms with E-state index in [0.29, 0.717) is 42.4 Å². The molecule has 0 aromatic rings.